The van der Waals surface area contributed by atoms with Gasteiger partial charge < -0.3 is 10.1 Å². The van der Waals surface area contributed by atoms with Gasteiger partial charge in [0.25, 0.3) is 5.91 Å². The normalized spacial score (nSPS) is 25.9. The van der Waals surface area contributed by atoms with Crippen LogP contribution in [0.1, 0.15) is 27.7 Å². The summed E-state index contributed by atoms with van der Waals surface area (Å²) in [4.78, 5) is 22.4. The van der Waals surface area contributed by atoms with E-state index in [4.69, 9.17) is 9.94 Å². The highest BCUT2D eigenvalue weighted by atomic mass is 16.6. The molecule has 0 radical (unpaired) electrons. The zero-order chi connectivity index (χ0) is 11.8. The second-order valence-electron chi connectivity index (χ2n) is 4.55. The first-order valence-electron chi connectivity index (χ1n) is 4.74. The number of amides is 2. The number of carbonyl (C=O) groups is 2. The molecule has 1 rings (SSSR count). The minimum atomic E-state index is -0.690. The maximum atomic E-state index is 11.3. The molecule has 86 valence electrons. The molecule has 0 unspecified atom stereocenters. The second-order valence-corrected chi connectivity index (χ2v) is 4.55. The summed E-state index contributed by atoms with van der Waals surface area (Å²) in [6.07, 6.45) is -0.652. The van der Waals surface area contributed by atoms with Gasteiger partial charge in [0.1, 0.15) is 11.6 Å². The quantitative estimate of drug-likeness (QED) is 0.494. The molecular formula is C9H16N2O4. The Labute approximate surface area is 88.1 Å². The highest BCUT2D eigenvalue weighted by molar-refractivity contribution is 5.91. The van der Waals surface area contributed by atoms with Crippen molar-refractivity contribution in [1.29, 1.82) is 0 Å². The molecule has 1 aliphatic rings. The molecule has 0 aliphatic carbocycles. The van der Waals surface area contributed by atoms with Gasteiger partial charge in [0.2, 0.25) is 0 Å². The Balaban J connectivity index is 2.44. The van der Waals surface area contributed by atoms with E-state index in [0.717, 1.165) is 0 Å². The lowest BCUT2D eigenvalue weighted by atomic mass is 10.0. The van der Waals surface area contributed by atoms with Crippen molar-refractivity contribution in [2.75, 3.05) is 0 Å². The van der Waals surface area contributed by atoms with E-state index < -0.39 is 29.7 Å². The monoisotopic (exact) mass is 216 g/mol. The number of nitrogens with one attached hydrogen (secondary N) is 1. The molecular weight excluding hydrogens is 200 g/mol. The van der Waals surface area contributed by atoms with Crippen LogP contribution < -0.4 is 5.32 Å². The van der Waals surface area contributed by atoms with E-state index in [1.54, 1.807) is 27.7 Å². The smallest absolute Gasteiger partial charge is 0.408 e. The summed E-state index contributed by atoms with van der Waals surface area (Å²) in [6, 6.07) is -1.10. The molecule has 1 saturated heterocycles. The van der Waals surface area contributed by atoms with Crippen LogP contribution in [0, 0.1) is 0 Å². The minimum absolute atomic E-state index is 0.412. The van der Waals surface area contributed by atoms with E-state index in [0.29, 0.717) is 5.06 Å². The van der Waals surface area contributed by atoms with Crippen LogP contribution in [0.3, 0.4) is 0 Å². The number of rotatable bonds is 1. The molecule has 0 aromatic carbocycles. The Bertz CT molecular complexity index is 284. The van der Waals surface area contributed by atoms with Gasteiger partial charge in [0.05, 0.1) is 6.04 Å². The van der Waals surface area contributed by atoms with Gasteiger partial charge in [-0.25, -0.2) is 9.86 Å². The molecule has 15 heavy (non-hydrogen) atoms. The zero-order valence-electron chi connectivity index (χ0n) is 9.27. The van der Waals surface area contributed by atoms with Crippen molar-refractivity contribution in [3.8, 4) is 0 Å². The van der Waals surface area contributed by atoms with Gasteiger partial charge in [-0.3, -0.25) is 10.0 Å². The maximum Gasteiger partial charge on any atom is 0.408 e. The Morgan fingerprint density at radius 2 is 2.07 bits per heavy atom. The highest BCUT2D eigenvalue weighted by Crippen LogP contribution is 2.17. The minimum Gasteiger partial charge on any atom is -0.444 e. The van der Waals surface area contributed by atoms with Crippen molar-refractivity contribution in [3.63, 3.8) is 0 Å². The zero-order valence-corrected chi connectivity index (χ0v) is 9.27. The fourth-order valence-corrected chi connectivity index (χ4v) is 1.23. The Hall–Kier alpha value is -1.30. The number of β-lactam (4-membered cyclic amide) rings is 1. The SMILES string of the molecule is C[C@@H]1[C@H](NC(=O)OC(C)(C)C)C(=O)N1O. The van der Waals surface area contributed by atoms with Crippen LogP contribution in [-0.4, -0.2) is 40.0 Å². The van der Waals surface area contributed by atoms with Gasteiger partial charge >= 0.3 is 6.09 Å². The van der Waals surface area contributed by atoms with Crippen LogP contribution in [0.15, 0.2) is 0 Å². The van der Waals surface area contributed by atoms with Gasteiger partial charge in [-0.2, -0.15) is 0 Å². The molecule has 1 aliphatic heterocycles. The molecule has 0 aromatic rings. The second kappa shape index (κ2) is 3.69. The van der Waals surface area contributed by atoms with Crippen molar-refractivity contribution < 1.29 is 19.5 Å². The van der Waals surface area contributed by atoms with Crippen LogP contribution in [0.2, 0.25) is 0 Å². The first kappa shape index (κ1) is 11.8. The van der Waals surface area contributed by atoms with Crippen molar-refractivity contribution in [2.24, 2.45) is 0 Å². The largest absolute Gasteiger partial charge is 0.444 e. The predicted molar refractivity (Wildman–Crippen MR) is 51.3 cm³/mol. The van der Waals surface area contributed by atoms with Crippen LogP contribution >= 0.6 is 0 Å². The highest BCUT2D eigenvalue weighted by Gasteiger charge is 2.45. The van der Waals surface area contributed by atoms with Crippen molar-refractivity contribution in [1.82, 2.24) is 10.4 Å². The molecule has 1 fully saturated rings. The van der Waals surface area contributed by atoms with E-state index in [9.17, 15) is 9.59 Å². The third-order valence-corrected chi connectivity index (χ3v) is 2.03. The van der Waals surface area contributed by atoms with Crippen LogP contribution in [0.4, 0.5) is 4.79 Å². The van der Waals surface area contributed by atoms with Crippen molar-refractivity contribution >= 4 is 12.0 Å². The van der Waals surface area contributed by atoms with Gasteiger partial charge in [-0.15, -0.1) is 0 Å². The first-order chi connectivity index (χ1) is 6.72. The summed E-state index contributed by atoms with van der Waals surface area (Å²) in [5.41, 5.74) is -0.598. The fourth-order valence-electron chi connectivity index (χ4n) is 1.23. The Morgan fingerprint density at radius 1 is 1.53 bits per heavy atom. The molecule has 1 heterocycles. The van der Waals surface area contributed by atoms with E-state index in [1.165, 1.54) is 0 Å². The molecule has 0 saturated carbocycles. The third kappa shape index (κ3) is 2.59. The number of alkyl carbamates (subject to hydrolysis) is 1. The van der Waals surface area contributed by atoms with E-state index in [1.807, 2.05) is 0 Å². The van der Waals surface area contributed by atoms with Gasteiger partial charge in [-0.05, 0) is 27.7 Å². The Kier molecular flexibility index (Phi) is 2.90. The van der Waals surface area contributed by atoms with Crippen LogP contribution in [0.25, 0.3) is 0 Å². The number of nitrogens with zero attached hydrogens (tertiary/aromatic N) is 1. The lowest BCUT2D eigenvalue weighted by Crippen LogP contribution is -2.68. The van der Waals surface area contributed by atoms with Crippen molar-refractivity contribution in [3.05, 3.63) is 0 Å². The predicted octanol–water partition coefficient (Wildman–Crippen LogP) is 0.500. The molecule has 0 bridgehead atoms. The first-order valence-corrected chi connectivity index (χ1v) is 4.74. The summed E-state index contributed by atoms with van der Waals surface area (Å²) in [5, 5.41) is 12.0. The van der Waals surface area contributed by atoms with E-state index in [2.05, 4.69) is 5.32 Å². The van der Waals surface area contributed by atoms with Crippen molar-refractivity contribution in [2.45, 2.75) is 45.4 Å². The fraction of sp³-hybridized carbons (Fsp3) is 0.778. The summed E-state index contributed by atoms with van der Waals surface area (Å²) >= 11 is 0. The average Bonchev–Trinajstić information content (AvgIpc) is 2.09. The molecule has 2 N–H and O–H groups in total. The Morgan fingerprint density at radius 3 is 2.47 bits per heavy atom. The van der Waals surface area contributed by atoms with E-state index in [-0.39, 0.29) is 0 Å². The summed E-state index contributed by atoms with van der Waals surface area (Å²) in [6.45, 7) is 6.83. The number of carbonyl (C=O) groups excluding carboxylic acids is 2. The molecule has 0 aromatic heterocycles. The standard InChI is InChI=1S/C9H16N2O4/c1-5-6(7(12)11(5)14)10-8(13)15-9(2,3)4/h5-6,14H,1-4H3,(H,10,13)/t5-,6+/m1/s1. The molecule has 2 atom stereocenters. The molecule has 6 nitrogen and oxygen atoms in total. The van der Waals surface area contributed by atoms with Crippen LogP contribution in [0.5, 0.6) is 0 Å². The lowest BCUT2D eigenvalue weighted by molar-refractivity contribution is -0.206. The number of ether oxygens (including phenoxy) is 1. The van der Waals surface area contributed by atoms with Gasteiger partial charge in [-0.1, -0.05) is 0 Å². The molecule has 0 spiro atoms. The number of hydroxylamine groups is 2. The van der Waals surface area contributed by atoms with Gasteiger partial charge in [0.15, 0.2) is 0 Å². The molecule has 6 heteroatoms. The maximum absolute atomic E-state index is 11.3. The molecule has 2 amide bonds. The number of hydrogen-bond donors (Lipinski definition) is 2. The van der Waals surface area contributed by atoms with E-state index >= 15 is 0 Å². The lowest BCUT2D eigenvalue weighted by Gasteiger charge is -2.40. The van der Waals surface area contributed by atoms with Crippen LogP contribution in [-0.2, 0) is 9.53 Å². The summed E-state index contributed by atoms with van der Waals surface area (Å²) < 4.78 is 4.97. The number of hydrogen-bond acceptors (Lipinski definition) is 4. The summed E-state index contributed by atoms with van der Waals surface area (Å²) in [5.74, 6) is -0.520. The topological polar surface area (TPSA) is 78.9 Å². The summed E-state index contributed by atoms with van der Waals surface area (Å²) in [7, 11) is 0. The third-order valence-electron chi connectivity index (χ3n) is 2.03. The average molecular weight is 216 g/mol. The van der Waals surface area contributed by atoms with Gasteiger partial charge in [0, 0.05) is 0 Å².